The van der Waals surface area contributed by atoms with Gasteiger partial charge in [0.2, 0.25) is 5.91 Å². The molecule has 7 heteroatoms. The fraction of sp³-hybridized carbons (Fsp3) is 0.240. The molecule has 0 aliphatic heterocycles. The van der Waals surface area contributed by atoms with Gasteiger partial charge in [0.15, 0.2) is 0 Å². The molecule has 4 aromatic rings. The molecule has 0 atom stereocenters. The average Bonchev–Trinajstić information content (AvgIpc) is 3.10. The van der Waals surface area contributed by atoms with Crippen LogP contribution >= 0.6 is 11.6 Å². The second-order valence-corrected chi connectivity index (χ2v) is 8.41. The Morgan fingerprint density at radius 1 is 1.06 bits per heavy atom. The van der Waals surface area contributed by atoms with Crippen molar-refractivity contribution >= 4 is 34.2 Å². The summed E-state index contributed by atoms with van der Waals surface area (Å²) in [6.45, 7) is 7.67. The number of rotatable bonds is 5. The summed E-state index contributed by atoms with van der Waals surface area (Å²) in [6, 6.07) is 15.0. The molecule has 2 aromatic carbocycles. The monoisotopic (exact) mass is 448 g/mol. The number of aryl methyl sites for hydroxylation is 4. The lowest BCUT2D eigenvalue weighted by Gasteiger charge is -2.13. The zero-order chi connectivity index (χ0) is 23.0. The normalized spacial score (nSPS) is 11.2. The number of pyridine rings is 1. The second-order valence-electron chi connectivity index (χ2n) is 8.00. The Balaban J connectivity index is 1.79. The molecule has 0 aliphatic rings. The van der Waals surface area contributed by atoms with Crippen LogP contribution in [-0.4, -0.2) is 20.3 Å². The molecular weight excluding hydrogens is 424 g/mol. The Bertz CT molecular complexity index is 1380. The quantitative estimate of drug-likeness (QED) is 0.468. The molecule has 0 radical (unpaired) electrons. The van der Waals surface area contributed by atoms with E-state index < -0.39 is 0 Å². The second kappa shape index (κ2) is 8.63. The summed E-state index contributed by atoms with van der Waals surface area (Å²) >= 11 is 6.26. The Morgan fingerprint density at radius 3 is 2.44 bits per heavy atom. The largest absolute Gasteiger partial charge is 0.323 e. The Morgan fingerprint density at radius 2 is 1.78 bits per heavy atom. The van der Waals surface area contributed by atoms with Gasteiger partial charge < -0.3 is 5.32 Å². The van der Waals surface area contributed by atoms with Gasteiger partial charge in [0.25, 0.3) is 5.56 Å². The number of carbonyl (C=O) groups is 1. The lowest BCUT2D eigenvalue weighted by atomic mass is 10.1. The van der Waals surface area contributed by atoms with Gasteiger partial charge in [0.1, 0.15) is 12.2 Å². The molecule has 0 saturated carbocycles. The molecule has 2 aromatic heterocycles. The van der Waals surface area contributed by atoms with Crippen LogP contribution in [0, 0.1) is 20.8 Å². The van der Waals surface area contributed by atoms with E-state index in [2.05, 4.69) is 12.2 Å². The summed E-state index contributed by atoms with van der Waals surface area (Å²) in [6.07, 6.45) is 0.935. The van der Waals surface area contributed by atoms with Gasteiger partial charge in [-0.1, -0.05) is 36.7 Å². The van der Waals surface area contributed by atoms with Gasteiger partial charge in [0, 0.05) is 11.5 Å². The molecule has 0 bridgehead atoms. The van der Waals surface area contributed by atoms with Crippen molar-refractivity contribution in [3.8, 4) is 5.69 Å². The van der Waals surface area contributed by atoms with Gasteiger partial charge in [0.05, 0.1) is 22.1 Å². The number of aromatic nitrogens is 3. The van der Waals surface area contributed by atoms with Crippen LogP contribution in [0.1, 0.15) is 29.3 Å². The van der Waals surface area contributed by atoms with Crippen LogP contribution in [0.4, 0.5) is 5.69 Å². The van der Waals surface area contributed by atoms with E-state index in [-0.39, 0.29) is 18.0 Å². The lowest BCUT2D eigenvalue weighted by Crippen LogP contribution is -2.29. The van der Waals surface area contributed by atoms with E-state index in [0.29, 0.717) is 16.4 Å². The fourth-order valence-corrected chi connectivity index (χ4v) is 4.21. The number of hydrogen-bond acceptors (Lipinski definition) is 3. The molecule has 32 heavy (non-hydrogen) atoms. The number of fused-ring (bicyclic) bond motifs is 1. The molecule has 4 rings (SSSR count). The molecule has 0 saturated heterocycles. The van der Waals surface area contributed by atoms with Gasteiger partial charge in [-0.15, -0.1) is 0 Å². The van der Waals surface area contributed by atoms with E-state index >= 15 is 0 Å². The minimum absolute atomic E-state index is 0.155. The van der Waals surface area contributed by atoms with Gasteiger partial charge in [-0.3, -0.25) is 14.2 Å². The number of nitrogens with zero attached hydrogens (tertiary/aromatic N) is 3. The third-order valence-electron chi connectivity index (χ3n) is 5.58. The summed E-state index contributed by atoms with van der Waals surface area (Å²) < 4.78 is 3.21. The zero-order valence-electron chi connectivity index (χ0n) is 18.6. The fourth-order valence-electron chi connectivity index (χ4n) is 3.93. The molecule has 1 N–H and O–H groups in total. The van der Waals surface area contributed by atoms with E-state index in [1.54, 1.807) is 22.9 Å². The maximum atomic E-state index is 13.0. The van der Waals surface area contributed by atoms with E-state index in [0.717, 1.165) is 34.3 Å². The molecule has 164 valence electrons. The number of nitrogens with one attached hydrogen (secondary N) is 1. The van der Waals surface area contributed by atoms with E-state index in [9.17, 15) is 9.59 Å². The van der Waals surface area contributed by atoms with Crippen molar-refractivity contribution in [3.05, 3.63) is 86.3 Å². The highest BCUT2D eigenvalue weighted by Crippen LogP contribution is 2.25. The van der Waals surface area contributed by atoms with Gasteiger partial charge in [-0.05, 0) is 68.1 Å². The number of anilines is 1. The Kier molecular flexibility index (Phi) is 5.89. The molecule has 2 heterocycles. The Hall–Kier alpha value is -3.38. The first-order chi connectivity index (χ1) is 15.3. The predicted molar refractivity (Wildman–Crippen MR) is 129 cm³/mol. The first-order valence-electron chi connectivity index (χ1n) is 10.5. The number of benzene rings is 2. The maximum absolute atomic E-state index is 13.0. The SMILES string of the molecule is CCc1ccc(-n2nc(C)c3c(C)cc(=O)n(CC(=O)Nc4ccc(C)cc4Cl)c32)cc1. The van der Waals surface area contributed by atoms with Crippen LogP contribution in [0.5, 0.6) is 0 Å². The van der Waals surface area contributed by atoms with Crippen molar-refractivity contribution in [1.29, 1.82) is 0 Å². The van der Waals surface area contributed by atoms with Crippen molar-refractivity contribution in [2.24, 2.45) is 0 Å². The number of carbonyl (C=O) groups excluding carboxylic acids is 1. The number of hydrogen-bond donors (Lipinski definition) is 1. The predicted octanol–water partition coefficient (Wildman–Crippen LogP) is 4.97. The third-order valence-corrected chi connectivity index (χ3v) is 5.89. The topological polar surface area (TPSA) is 68.9 Å². The average molecular weight is 449 g/mol. The minimum atomic E-state index is -0.338. The maximum Gasteiger partial charge on any atom is 0.252 e. The minimum Gasteiger partial charge on any atom is -0.323 e. The molecule has 0 aliphatic carbocycles. The molecular formula is C25H25ClN4O2. The summed E-state index contributed by atoms with van der Waals surface area (Å²) in [5.41, 5.74) is 5.53. The van der Waals surface area contributed by atoms with Crippen LogP contribution in [0.3, 0.4) is 0 Å². The smallest absolute Gasteiger partial charge is 0.252 e. The molecule has 0 spiro atoms. The standard InChI is InChI=1S/C25H25ClN4O2/c1-5-18-7-9-19(10-8-18)30-25-24(17(4)28-30)16(3)13-23(32)29(25)14-22(31)27-21-11-6-15(2)12-20(21)26/h6-13H,5,14H2,1-4H3,(H,27,31). The molecule has 6 nitrogen and oxygen atoms in total. The van der Waals surface area contributed by atoms with Crippen molar-refractivity contribution in [1.82, 2.24) is 14.3 Å². The molecule has 1 amide bonds. The highest BCUT2D eigenvalue weighted by Gasteiger charge is 2.19. The molecule has 0 unspecified atom stereocenters. The Labute approximate surface area is 191 Å². The number of halogens is 1. The van der Waals surface area contributed by atoms with Gasteiger partial charge in [-0.25, -0.2) is 4.68 Å². The molecule has 0 fully saturated rings. The summed E-state index contributed by atoms with van der Waals surface area (Å²) in [5, 5.41) is 8.83. The van der Waals surface area contributed by atoms with Crippen molar-refractivity contribution in [3.63, 3.8) is 0 Å². The van der Waals surface area contributed by atoms with Crippen LogP contribution < -0.4 is 10.9 Å². The van der Waals surface area contributed by atoms with Crippen LogP contribution in [0.25, 0.3) is 16.7 Å². The summed E-state index contributed by atoms with van der Waals surface area (Å²) in [7, 11) is 0. The van der Waals surface area contributed by atoms with Gasteiger partial charge in [-0.2, -0.15) is 5.10 Å². The van der Waals surface area contributed by atoms with Crippen LogP contribution in [0.15, 0.2) is 53.3 Å². The first kappa shape index (κ1) is 21.8. The van der Waals surface area contributed by atoms with Crippen LogP contribution in [-0.2, 0) is 17.8 Å². The summed E-state index contributed by atoms with van der Waals surface area (Å²) in [4.78, 5) is 25.8. The van der Waals surface area contributed by atoms with E-state index in [1.165, 1.54) is 10.1 Å². The first-order valence-corrected chi connectivity index (χ1v) is 10.9. The van der Waals surface area contributed by atoms with Crippen LogP contribution in [0.2, 0.25) is 5.02 Å². The highest BCUT2D eigenvalue weighted by molar-refractivity contribution is 6.33. The van der Waals surface area contributed by atoms with E-state index in [1.807, 2.05) is 51.1 Å². The highest BCUT2D eigenvalue weighted by atomic mass is 35.5. The number of amides is 1. The van der Waals surface area contributed by atoms with Crippen molar-refractivity contribution in [2.45, 2.75) is 40.7 Å². The van der Waals surface area contributed by atoms with Crippen molar-refractivity contribution in [2.75, 3.05) is 5.32 Å². The van der Waals surface area contributed by atoms with Crippen molar-refractivity contribution < 1.29 is 4.79 Å². The summed E-state index contributed by atoms with van der Waals surface area (Å²) in [5.74, 6) is -0.338. The lowest BCUT2D eigenvalue weighted by molar-refractivity contribution is -0.116. The zero-order valence-corrected chi connectivity index (χ0v) is 19.3. The third kappa shape index (κ3) is 4.06. The van der Waals surface area contributed by atoms with E-state index in [4.69, 9.17) is 16.7 Å². The van der Waals surface area contributed by atoms with Gasteiger partial charge >= 0.3 is 0 Å².